The normalized spacial score (nSPS) is 11.8. The van der Waals surface area contributed by atoms with Gasteiger partial charge in [0, 0.05) is 0 Å². The second-order valence-electron chi connectivity index (χ2n) is 31.4. The topological polar surface area (TPSA) is 220 Å². The van der Waals surface area contributed by atoms with E-state index in [0.717, 1.165) is 50.7 Å². The van der Waals surface area contributed by atoms with Crippen LogP contribution < -0.4 is 0 Å². The maximum Gasteiger partial charge on any atom is 2.00 e. The molecular weight excluding hydrogens is 1480 g/mol. The Morgan fingerprint density at radius 1 is 0.248 bits per heavy atom. The molecule has 0 N–H and O–H groups in total. The van der Waals surface area contributed by atoms with Gasteiger partial charge in [-0.3, -0.25) is 0 Å². The molecule has 0 radical (unpaired) electrons. The Hall–Kier alpha value is -3.64. The van der Waals surface area contributed by atoms with Crippen LogP contribution in [0.4, 0.5) is 0 Å². The monoisotopic (exact) mass is 1640 g/mol. The van der Waals surface area contributed by atoms with E-state index in [2.05, 4.69) is 76.3 Å². The van der Waals surface area contributed by atoms with Crippen molar-refractivity contribution in [2.45, 2.75) is 448 Å². The molecular formula is C96H162CaO14S2. The molecule has 0 unspecified atom stereocenters. The van der Waals surface area contributed by atoms with Crippen molar-refractivity contribution in [2.24, 2.45) is 0 Å². The number of unbranched alkanes of at least 4 members (excludes halogenated alkanes) is 56. The molecule has 0 aliphatic carbocycles. The van der Waals surface area contributed by atoms with Crippen LogP contribution in [0.1, 0.15) is 480 Å². The summed E-state index contributed by atoms with van der Waals surface area (Å²) in [5.74, 6) is -3.73. The summed E-state index contributed by atoms with van der Waals surface area (Å²) in [5.41, 5.74) is -1.66. The van der Waals surface area contributed by atoms with Gasteiger partial charge in [0.05, 0.1) is 58.5 Å². The smallest absolute Gasteiger partial charge is 0.744 e. The number of allylic oxidation sites excluding steroid dienone is 8. The minimum absolute atomic E-state index is 0. The largest absolute Gasteiger partial charge is 2.00 e. The summed E-state index contributed by atoms with van der Waals surface area (Å²) in [6, 6.07) is 7.16. The van der Waals surface area contributed by atoms with Gasteiger partial charge in [-0.2, -0.15) is 0 Å². The van der Waals surface area contributed by atoms with Gasteiger partial charge in [0.15, 0.2) is 0 Å². The Kier molecular flexibility index (Phi) is 78.2. The summed E-state index contributed by atoms with van der Waals surface area (Å²) in [4.78, 5) is 50.3. The molecule has 14 nitrogen and oxygen atoms in total. The molecule has 0 aliphatic heterocycles. The fourth-order valence-corrected chi connectivity index (χ4v) is 15.4. The van der Waals surface area contributed by atoms with Gasteiger partial charge >= 0.3 is 61.6 Å². The van der Waals surface area contributed by atoms with Crippen LogP contribution in [0.3, 0.4) is 0 Å². The molecule has 2 aromatic rings. The molecule has 0 heterocycles. The van der Waals surface area contributed by atoms with Crippen molar-refractivity contribution in [1.82, 2.24) is 0 Å². The third kappa shape index (κ3) is 65.9. The fourth-order valence-electron chi connectivity index (χ4n) is 14.1. The molecule has 644 valence electrons. The number of esters is 4. The zero-order chi connectivity index (χ0) is 81.6. The van der Waals surface area contributed by atoms with E-state index < -0.39 is 65.0 Å². The first-order chi connectivity index (χ1) is 54.6. The van der Waals surface area contributed by atoms with E-state index in [-0.39, 0.29) is 75.3 Å². The average Bonchev–Trinajstić information content (AvgIpc) is 0.797. The third-order valence-electron chi connectivity index (χ3n) is 21.0. The molecule has 0 saturated carbocycles. The van der Waals surface area contributed by atoms with Gasteiger partial charge in [0.25, 0.3) is 0 Å². The number of hydrogen-bond acceptors (Lipinski definition) is 14. The van der Waals surface area contributed by atoms with Gasteiger partial charge in [0.2, 0.25) is 0 Å². The second kappa shape index (κ2) is 80.8. The Bertz CT molecular complexity index is 2740. The van der Waals surface area contributed by atoms with Gasteiger partial charge in [-0.25, -0.2) is 36.0 Å². The van der Waals surface area contributed by atoms with Crippen LogP contribution in [-0.2, 0) is 39.2 Å². The molecule has 0 bridgehead atoms. The number of rotatable bonds is 78. The molecule has 0 atom stereocenters. The molecule has 0 aromatic heterocycles. The predicted molar refractivity (Wildman–Crippen MR) is 470 cm³/mol. The fraction of sp³-hybridized carbons (Fsp3) is 0.750. The first-order valence-electron chi connectivity index (χ1n) is 46.1. The van der Waals surface area contributed by atoms with Gasteiger partial charge in [-0.05, 0) is 127 Å². The van der Waals surface area contributed by atoms with E-state index >= 15 is 0 Å². The maximum atomic E-state index is 13.0. The van der Waals surface area contributed by atoms with Crippen molar-refractivity contribution in [1.29, 1.82) is 0 Å². The van der Waals surface area contributed by atoms with E-state index in [1.165, 1.54) is 358 Å². The van der Waals surface area contributed by atoms with Crippen molar-refractivity contribution in [2.75, 3.05) is 26.4 Å². The third-order valence-corrected chi connectivity index (χ3v) is 22.8. The minimum Gasteiger partial charge on any atom is -0.744 e. The van der Waals surface area contributed by atoms with Crippen LogP contribution in [0.2, 0.25) is 0 Å². The zero-order valence-electron chi connectivity index (χ0n) is 72.4. The van der Waals surface area contributed by atoms with Crippen LogP contribution in [0.25, 0.3) is 0 Å². The van der Waals surface area contributed by atoms with Crippen LogP contribution >= 0.6 is 0 Å². The predicted octanol–water partition coefficient (Wildman–Crippen LogP) is 28.7. The van der Waals surface area contributed by atoms with Crippen molar-refractivity contribution in [3.8, 4) is 0 Å². The minimum atomic E-state index is -5.03. The van der Waals surface area contributed by atoms with Gasteiger partial charge < -0.3 is 28.1 Å². The SMILES string of the molecule is CCCCCCCCCCCCCCC/C=C/CCCOC(=O)c1cccc(S(=O)(=O)[O-])c1C(=O)OCCC/C=C/CCCCCCCCCCCCCCC.CCCCCCCCCCCCCCC/C=C/CCCOC(=O)c1cccc(S(=O)(=O)[O-])c1C(=O)OCCC/C=C/CCCCCCCCCCCCCCC.[Ca+2]. The van der Waals surface area contributed by atoms with Gasteiger partial charge in [-0.15, -0.1) is 0 Å². The Labute approximate surface area is 722 Å². The molecule has 17 heteroatoms. The summed E-state index contributed by atoms with van der Waals surface area (Å²) < 4.78 is 93.4. The van der Waals surface area contributed by atoms with Crippen LogP contribution in [0, 0.1) is 0 Å². The first-order valence-corrected chi connectivity index (χ1v) is 48.9. The van der Waals surface area contributed by atoms with Crippen molar-refractivity contribution in [3.63, 3.8) is 0 Å². The molecule has 0 amide bonds. The van der Waals surface area contributed by atoms with Crippen LogP contribution in [0.5, 0.6) is 0 Å². The number of hydrogen-bond donors (Lipinski definition) is 0. The van der Waals surface area contributed by atoms with E-state index in [4.69, 9.17) is 18.9 Å². The van der Waals surface area contributed by atoms with Gasteiger partial charge in [0.1, 0.15) is 20.2 Å². The first kappa shape index (κ1) is 109. The molecule has 113 heavy (non-hydrogen) atoms. The van der Waals surface area contributed by atoms with Crippen LogP contribution in [-0.4, -0.2) is 114 Å². The van der Waals surface area contributed by atoms with E-state index in [1.807, 2.05) is 0 Å². The molecule has 0 saturated heterocycles. The summed E-state index contributed by atoms with van der Waals surface area (Å²) in [5, 5.41) is 0. The van der Waals surface area contributed by atoms with Crippen molar-refractivity contribution < 1.29 is 64.1 Å². The Balaban J connectivity index is 0.00000220. The Morgan fingerprint density at radius 2 is 0.407 bits per heavy atom. The Morgan fingerprint density at radius 3 is 0.584 bits per heavy atom. The van der Waals surface area contributed by atoms with Crippen molar-refractivity contribution >= 4 is 81.9 Å². The second-order valence-corrected chi connectivity index (χ2v) is 34.1. The number of carbonyl (C=O) groups is 4. The van der Waals surface area contributed by atoms with E-state index in [0.29, 0.717) is 38.5 Å². The average molecular weight is 1640 g/mol. The number of benzene rings is 2. The molecule has 0 fully saturated rings. The summed E-state index contributed by atoms with van der Waals surface area (Å²) >= 11 is 0. The van der Waals surface area contributed by atoms with E-state index in [9.17, 15) is 45.1 Å². The molecule has 2 aromatic carbocycles. The number of carbonyl (C=O) groups excluding carboxylic acids is 4. The zero-order valence-corrected chi connectivity index (χ0v) is 76.2. The maximum absolute atomic E-state index is 13.0. The summed E-state index contributed by atoms with van der Waals surface area (Å²) in [6.07, 6.45) is 95.7. The molecule has 0 aliphatic rings. The van der Waals surface area contributed by atoms with Crippen LogP contribution in [0.15, 0.2) is 94.8 Å². The van der Waals surface area contributed by atoms with Gasteiger partial charge in [-0.1, -0.05) is 397 Å². The van der Waals surface area contributed by atoms with E-state index in [1.54, 1.807) is 0 Å². The number of ether oxygens (including phenoxy) is 4. The molecule has 2 rings (SSSR count). The molecule has 0 spiro atoms. The summed E-state index contributed by atoms with van der Waals surface area (Å²) in [7, 11) is -10.1. The summed E-state index contributed by atoms with van der Waals surface area (Å²) in [6.45, 7) is 9.34. The van der Waals surface area contributed by atoms with Crippen molar-refractivity contribution in [3.05, 3.63) is 107 Å². The standard InChI is InChI=1S/2C48H82O7S.Ca/c2*1-3-5-7-9-11-13-15-17-19-21-23-25-27-29-31-33-35-37-42-54-47(49)44-40-39-41-45(56(51,52)53)46(44)48(50)55-43-38-36-34-32-30-28-26-24-22-20-18-16-14-12-10-8-6-4-2;/h2*31-34,39-41H,3-30,35-38,42-43H2,1-2H3,(H,51,52,53);/q;;+2/p-2/b2*33-31+,34-32+;. The quantitative estimate of drug-likeness (QED) is 0.0150.